The van der Waals surface area contributed by atoms with Gasteiger partial charge in [0.15, 0.2) is 0 Å². The van der Waals surface area contributed by atoms with Crippen LogP contribution < -0.4 is 5.32 Å². The summed E-state index contributed by atoms with van der Waals surface area (Å²) in [5, 5.41) is 13.8. The predicted molar refractivity (Wildman–Crippen MR) is 80.4 cm³/mol. The van der Waals surface area contributed by atoms with Crippen molar-refractivity contribution in [1.29, 1.82) is 0 Å². The van der Waals surface area contributed by atoms with Crippen molar-refractivity contribution in [2.45, 2.75) is 26.3 Å². The van der Waals surface area contributed by atoms with Gasteiger partial charge in [0.25, 0.3) is 11.6 Å². The number of nitrogens with one attached hydrogen (secondary N) is 1. The van der Waals surface area contributed by atoms with E-state index in [-0.39, 0.29) is 23.1 Å². The van der Waals surface area contributed by atoms with Crippen LogP contribution in [-0.2, 0) is 4.79 Å². The van der Waals surface area contributed by atoms with Crippen LogP contribution in [0, 0.1) is 16.0 Å². The number of nitro benzene ring substituents is 1. The van der Waals surface area contributed by atoms with Crippen LogP contribution in [0.4, 0.5) is 5.69 Å². The van der Waals surface area contributed by atoms with Crippen LogP contribution in [0.3, 0.4) is 0 Å². The van der Waals surface area contributed by atoms with Crippen molar-refractivity contribution in [1.82, 2.24) is 10.2 Å². The Labute approximate surface area is 128 Å². The first-order valence-corrected chi connectivity index (χ1v) is 7.24. The number of piperazine rings is 1. The number of para-hydroxylation sites is 1. The normalized spacial score (nSPS) is 18.2. The molecule has 1 saturated heterocycles. The highest BCUT2D eigenvalue weighted by atomic mass is 16.6. The number of carbonyl (C=O) groups is 2. The van der Waals surface area contributed by atoms with Crippen LogP contribution >= 0.6 is 0 Å². The fraction of sp³-hybridized carbons (Fsp3) is 0.467. The summed E-state index contributed by atoms with van der Waals surface area (Å²) in [6.45, 7) is 4.65. The Balaban J connectivity index is 2.34. The second kappa shape index (κ2) is 6.55. The molecule has 0 aliphatic carbocycles. The number of benzene rings is 1. The molecule has 0 radical (unpaired) electrons. The average molecular weight is 305 g/mol. The van der Waals surface area contributed by atoms with Crippen molar-refractivity contribution >= 4 is 17.5 Å². The molecule has 1 aliphatic rings. The van der Waals surface area contributed by atoms with Gasteiger partial charge in [-0.3, -0.25) is 19.7 Å². The lowest BCUT2D eigenvalue weighted by Gasteiger charge is -2.35. The quantitative estimate of drug-likeness (QED) is 0.675. The minimum Gasteiger partial charge on any atom is -0.353 e. The molecule has 1 atom stereocenters. The second-order valence-electron chi connectivity index (χ2n) is 5.71. The Bertz CT molecular complexity index is 600. The van der Waals surface area contributed by atoms with Gasteiger partial charge >= 0.3 is 0 Å². The lowest BCUT2D eigenvalue weighted by Crippen LogP contribution is -2.57. The van der Waals surface area contributed by atoms with Gasteiger partial charge in [-0.15, -0.1) is 0 Å². The third-order valence-electron chi connectivity index (χ3n) is 3.62. The molecule has 1 heterocycles. The Morgan fingerprint density at radius 3 is 2.77 bits per heavy atom. The fourth-order valence-corrected chi connectivity index (χ4v) is 2.61. The maximum atomic E-state index is 12.7. The van der Waals surface area contributed by atoms with E-state index in [4.69, 9.17) is 0 Å². The highest BCUT2D eigenvalue weighted by Crippen LogP contribution is 2.23. The Morgan fingerprint density at radius 1 is 1.45 bits per heavy atom. The molecule has 2 rings (SSSR count). The van der Waals surface area contributed by atoms with Crippen LogP contribution in [0.5, 0.6) is 0 Å². The number of carbonyl (C=O) groups excluding carboxylic acids is 2. The van der Waals surface area contributed by atoms with Gasteiger partial charge < -0.3 is 10.2 Å². The van der Waals surface area contributed by atoms with Crippen molar-refractivity contribution in [3.63, 3.8) is 0 Å². The second-order valence-corrected chi connectivity index (χ2v) is 5.71. The van der Waals surface area contributed by atoms with Gasteiger partial charge in [-0.2, -0.15) is 0 Å². The summed E-state index contributed by atoms with van der Waals surface area (Å²) in [5.41, 5.74) is -0.210. The molecule has 0 spiro atoms. The van der Waals surface area contributed by atoms with Crippen molar-refractivity contribution in [3.8, 4) is 0 Å². The number of nitro groups is 1. The Kier molecular flexibility index (Phi) is 4.75. The van der Waals surface area contributed by atoms with Gasteiger partial charge in [-0.25, -0.2) is 0 Å². The van der Waals surface area contributed by atoms with E-state index in [1.807, 2.05) is 13.8 Å². The molecule has 2 amide bonds. The molecule has 1 aliphatic heterocycles. The van der Waals surface area contributed by atoms with E-state index in [2.05, 4.69) is 5.32 Å². The molecule has 7 nitrogen and oxygen atoms in total. The van der Waals surface area contributed by atoms with E-state index >= 15 is 0 Å². The Hall–Kier alpha value is -2.44. The van der Waals surface area contributed by atoms with E-state index in [1.54, 1.807) is 6.07 Å². The number of hydrogen-bond donors (Lipinski definition) is 1. The topological polar surface area (TPSA) is 92.6 Å². The van der Waals surface area contributed by atoms with Gasteiger partial charge in [0.2, 0.25) is 5.91 Å². The zero-order valence-corrected chi connectivity index (χ0v) is 12.6. The van der Waals surface area contributed by atoms with Crippen LogP contribution in [0.15, 0.2) is 24.3 Å². The van der Waals surface area contributed by atoms with Crippen molar-refractivity contribution in [2.75, 3.05) is 13.1 Å². The van der Waals surface area contributed by atoms with Gasteiger partial charge in [0, 0.05) is 19.2 Å². The summed E-state index contributed by atoms with van der Waals surface area (Å²) in [6.07, 6.45) is 0.526. The molecular formula is C15H19N3O4. The molecule has 1 fully saturated rings. The van der Waals surface area contributed by atoms with Crippen LogP contribution in [-0.4, -0.2) is 40.8 Å². The minimum absolute atomic E-state index is 0.0240. The first-order valence-electron chi connectivity index (χ1n) is 7.24. The number of nitrogens with zero attached hydrogens (tertiary/aromatic N) is 2. The summed E-state index contributed by atoms with van der Waals surface area (Å²) in [6, 6.07) is 5.25. The third kappa shape index (κ3) is 3.24. The number of rotatable bonds is 4. The molecule has 7 heteroatoms. The zero-order valence-electron chi connectivity index (χ0n) is 12.6. The summed E-state index contributed by atoms with van der Waals surface area (Å²) in [5.74, 6) is -0.436. The summed E-state index contributed by atoms with van der Waals surface area (Å²) in [7, 11) is 0. The lowest BCUT2D eigenvalue weighted by atomic mass is 9.99. The number of amides is 2. The monoisotopic (exact) mass is 305 g/mol. The molecule has 0 saturated carbocycles. The van der Waals surface area contributed by atoms with E-state index in [0.717, 1.165) is 0 Å². The SMILES string of the molecule is CC(C)C[C@@H]1C(=O)NCCN1C(=O)c1ccccc1[N+](=O)[O-]. The predicted octanol–water partition coefficient (Wildman–Crippen LogP) is 1.58. The van der Waals surface area contributed by atoms with Crippen LogP contribution in [0.25, 0.3) is 0 Å². The highest BCUT2D eigenvalue weighted by Gasteiger charge is 2.35. The molecule has 1 aromatic carbocycles. The lowest BCUT2D eigenvalue weighted by molar-refractivity contribution is -0.385. The van der Waals surface area contributed by atoms with Gasteiger partial charge in [-0.1, -0.05) is 26.0 Å². The smallest absolute Gasteiger partial charge is 0.282 e. The third-order valence-corrected chi connectivity index (χ3v) is 3.62. The Morgan fingerprint density at radius 2 is 2.14 bits per heavy atom. The summed E-state index contributed by atoms with van der Waals surface area (Å²) < 4.78 is 0. The molecular weight excluding hydrogens is 286 g/mol. The van der Waals surface area contributed by atoms with Crippen LogP contribution in [0.2, 0.25) is 0 Å². The minimum atomic E-state index is -0.582. The molecule has 0 unspecified atom stereocenters. The van der Waals surface area contributed by atoms with E-state index in [0.29, 0.717) is 19.5 Å². The molecule has 22 heavy (non-hydrogen) atoms. The maximum absolute atomic E-state index is 12.7. The van der Waals surface area contributed by atoms with Gasteiger partial charge in [0.05, 0.1) is 4.92 Å². The average Bonchev–Trinajstić information content (AvgIpc) is 2.48. The van der Waals surface area contributed by atoms with Gasteiger partial charge in [0.1, 0.15) is 11.6 Å². The standard InChI is InChI=1S/C15H19N3O4/c1-10(2)9-13-14(19)16-7-8-17(13)15(20)11-5-3-4-6-12(11)18(21)22/h3-6,10,13H,7-9H2,1-2H3,(H,16,19)/t13-/m1/s1. The summed E-state index contributed by atoms with van der Waals surface area (Å²) >= 11 is 0. The van der Waals surface area contributed by atoms with Gasteiger partial charge in [-0.05, 0) is 18.4 Å². The zero-order chi connectivity index (χ0) is 16.3. The van der Waals surface area contributed by atoms with E-state index in [1.165, 1.54) is 23.1 Å². The number of hydrogen-bond acceptors (Lipinski definition) is 4. The first kappa shape index (κ1) is 15.9. The molecule has 0 aromatic heterocycles. The molecule has 1 N–H and O–H groups in total. The molecule has 1 aromatic rings. The first-order chi connectivity index (χ1) is 10.4. The van der Waals surface area contributed by atoms with E-state index in [9.17, 15) is 19.7 Å². The maximum Gasteiger partial charge on any atom is 0.282 e. The van der Waals surface area contributed by atoms with Crippen molar-refractivity contribution < 1.29 is 14.5 Å². The van der Waals surface area contributed by atoms with Crippen molar-refractivity contribution in [3.05, 3.63) is 39.9 Å². The fourth-order valence-electron chi connectivity index (χ4n) is 2.61. The summed E-state index contributed by atoms with van der Waals surface area (Å²) in [4.78, 5) is 36.7. The molecule has 0 bridgehead atoms. The van der Waals surface area contributed by atoms with E-state index < -0.39 is 16.9 Å². The van der Waals surface area contributed by atoms with Crippen LogP contribution in [0.1, 0.15) is 30.6 Å². The van der Waals surface area contributed by atoms with Crippen molar-refractivity contribution in [2.24, 2.45) is 5.92 Å². The largest absolute Gasteiger partial charge is 0.353 e. The molecule has 118 valence electrons. The highest BCUT2D eigenvalue weighted by molar-refractivity contribution is 6.01.